The lowest BCUT2D eigenvalue weighted by molar-refractivity contribution is 1.17. The van der Waals surface area contributed by atoms with E-state index in [4.69, 9.17) is 0 Å². The van der Waals surface area contributed by atoms with Crippen molar-refractivity contribution in [2.45, 2.75) is 0 Å². The lowest BCUT2D eigenvalue weighted by Crippen LogP contribution is -1.95. The van der Waals surface area contributed by atoms with Crippen LogP contribution in [0, 0.1) is 0 Å². The van der Waals surface area contributed by atoms with Crippen molar-refractivity contribution in [3.05, 3.63) is 352 Å². The number of thiophene rings is 1. The van der Waals surface area contributed by atoms with Crippen LogP contribution in [0.1, 0.15) is 0 Å². The fraction of sp³-hybridized carbons (Fsp3) is 0. The smallest absolute Gasteiger partial charge is 0.0542 e. The molecule has 0 aliphatic heterocycles. The lowest BCUT2D eigenvalue weighted by atomic mass is 9.93. The number of hydrogen-bond donors (Lipinski definition) is 0. The molecule has 0 N–H and O–H groups in total. The maximum Gasteiger partial charge on any atom is 0.0542 e. The number of rotatable bonds is 11. The van der Waals surface area contributed by atoms with Gasteiger partial charge in [0, 0.05) is 53.1 Å². The Balaban J connectivity index is 0.643. The summed E-state index contributed by atoms with van der Waals surface area (Å²) < 4.78 is 7.45. The summed E-state index contributed by atoms with van der Waals surface area (Å²) in [6.45, 7) is 0. The van der Waals surface area contributed by atoms with E-state index in [0.717, 1.165) is 11.4 Å². The molecule has 3 aromatic heterocycles. The molecule has 0 aliphatic rings. The van der Waals surface area contributed by atoms with Crippen LogP contribution >= 0.6 is 11.3 Å². The normalized spacial score (nSPS) is 11.7. The molecule has 0 amide bonds. The monoisotopic (exact) mass is 1200 g/mol. The van der Waals surface area contributed by atoms with Gasteiger partial charge in [0.05, 0.1) is 22.1 Å². The molecular weight excluding hydrogens is 1140 g/mol. The second kappa shape index (κ2) is 22.6. The van der Waals surface area contributed by atoms with Gasteiger partial charge in [-0.2, -0.15) is 0 Å². The van der Waals surface area contributed by atoms with Crippen molar-refractivity contribution in [2.24, 2.45) is 0 Å². The first-order valence-electron chi connectivity index (χ1n) is 31.9. The molecule has 15 aromatic carbocycles. The molecule has 0 saturated heterocycles. The standard InChI is InChI=1S/C90H58N2S/c1-4-19-59(20-5-1)61-23-12-24-62(49-61)63-25-13-26-64(50-63)65-27-14-28-66(51-65)67-29-15-30-68(52-67)69-31-16-32-70(53-69)71-33-17-34-75(54-71)78-38-18-39-80-84-57-74(43-48-89(84)93-90(78)80)73-42-46-86-81(56-73)79-37-10-11-40-85(79)92(86)77-44-47-88-83(58-77)82-55-72(60-21-6-2-7-22-60)41-45-87(82)91(88)76-35-8-3-9-36-76/h1-58H. The van der Waals surface area contributed by atoms with E-state index in [0.29, 0.717) is 0 Å². The predicted molar refractivity (Wildman–Crippen MR) is 397 cm³/mol. The van der Waals surface area contributed by atoms with Gasteiger partial charge in [-0.1, -0.05) is 243 Å². The van der Waals surface area contributed by atoms with Gasteiger partial charge in [-0.25, -0.2) is 0 Å². The maximum atomic E-state index is 2.46. The number of aromatic nitrogens is 2. The Bertz CT molecular complexity index is 5930. The van der Waals surface area contributed by atoms with Gasteiger partial charge in [-0.3, -0.25) is 0 Å². The minimum Gasteiger partial charge on any atom is -0.309 e. The van der Waals surface area contributed by atoms with Gasteiger partial charge in [0.1, 0.15) is 0 Å². The summed E-state index contributed by atoms with van der Waals surface area (Å²) in [7, 11) is 0. The molecule has 0 spiro atoms. The van der Waals surface area contributed by atoms with Gasteiger partial charge in [0.15, 0.2) is 0 Å². The lowest BCUT2D eigenvalue weighted by Gasteiger charge is -2.11. The van der Waals surface area contributed by atoms with Crippen molar-refractivity contribution in [1.29, 1.82) is 0 Å². The van der Waals surface area contributed by atoms with Crippen molar-refractivity contribution in [3.63, 3.8) is 0 Å². The first-order chi connectivity index (χ1) is 46.1. The van der Waals surface area contributed by atoms with Crippen LogP contribution in [-0.2, 0) is 0 Å². The first kappa shape index (κ1) is 54.1. The third-order valence-electron chi connectivity index (χ3n) is 18.9. The SMILES string of the molecule is c1ccc(-c2cccc(-c3cccc(-c4cccc(-c5cccc(-c6cccc(-c7cccc(-c8cccc9c8sc8ccc(-c%10ccc%11c(c%10)c%10ccccc%10n%11-c%10ccc%11c(c%10)c%10cc(-c%12ccccc%12)ccc%10n%11-c%10ccccc%10)cc89)c7)c6)c5)c4)c3)c2)cc1. The molecule has 434 valence electrons. The zero-order valence-electron chi connectivity index (χ0n) is 50.8. The van der Waals surface area contributed by atoms with Gasteiger partial charge >= 0.3 is 0 Å². The highest BCUT2D eigenvalue weighted by Crippen LogP contribution is 2.45. The zero-order valence-corrected chi connectivity index (χ0v) is 51.6. The summed E-state index contributed by atoms with van der Waals surface area (Å²) in [6, 6.07) is 130. The second-order valence-electron chi connectivity index (χ2n) is 24.4. The molecule has 18 aromatic rings. The molecule has 3 heterocycles. The molecule has 0 bridgehead atoms. The van der Waals surface area contributed by atoms with E-state index in [2.05, 4.69) is 361 Å². The second-order valence-corrected chi connectivity index (χ2v) is 25.5. The molecule has 93 heavy (non-hydrogen) atoms. The van der Waals surface area contributed by atoms with Crippen LogP contribution < -0.4 is 0 Å². The summed E-state index contributed by atoms with van der Waals surface area (Å²) in [4.78, 5) is 0. The Morgan fingerprint density at radius 2 is 0.495 bits per heavy atom. The van der Waals surface area contributed by atoms with Crippen LogP contribution in [0.25, 0.3) is 175 Å². The number of hydrogen-bond acceptors (Lipinski definition) is 1. The van der Waals surface area contributed by atoms with E-state index < -0.39 is 0 Å². The molecule has 0 fully saturated rings. The molecule has 18 rings (SSSR count). The molecule has 3 heteroatoms. The van der Waals surface area contributed by atoms with Crippen molar-refractivity contribution >= 4 is 75.1 Å². The Kier molecular flexibility index (Phi) is 13.1. The van der Waals surface area contributed by atoms with E-state index in [-0.39, 0.29) is 0 Å². The third-order valence-corrected chi connectivity index (χ3v) is 20.1. The largest absolute Gasteiger partial charge is 0.309 e. The fourth-order valence-electron chi connectivity index (χ4n) is 14.3. The van der Waals surface area contributed by atoms with E-state index in [1.165, 1.54) is 164 Å². The van der Waals surface area contributed by atoms with Crippen LogP contribution in [-0.4, -0.2) is 9.13 Å². The number of nitrogens with zero attached hydrogens (tertiary/aromatic N) is 2. The van der Waals surface area contributed by atoms with Gasteiger partial charge in [0.25, 0.3) is 0 Å². The first-order valence-corrected chi connectivity index (χ1v) is 32.8. The maximum absolute atomic E-state index is 2.46. The van der Waals surface area contributed by atoms with E-state index in [9.17, 15) is 0 Å². The molecule has 2 nitrogen and oxygen atoms in total. The topological polar surface area (TPSA) is 9.86 Å². The van der Waals surface area contributed by atoms with Crippen molar-refractivity contribution in [2.75, 3.05) is 0 Å². The molecule has 0 atom stereocenters. The Labute approximate surface area is 544 Å². The summed E-state index contributed by atoms with van der Waals surface area (Å²) in [5, 5.41) is 7.49. The number of fused-ring (bicyclic) bond motifs is 9. The van der Waals surface area contributed by atoms with E-state index in [1.807, 2.05) is 11.3 Å². The molecular formula is C90H58N2S. The summed E-state index contributed by atoms with van der Waals surface area (Å²) in [5.74, 6) is 0. The van der Waals surface area contributed by atoms with Crippen LogP contribution in [0.4, 0.5) is 0 Å². The molecule has 0 unspecified atom stereocenters. The quantitative estimate of drug-likeness (QED) is 0.122. The number of para-hydroxylation sites is 2. The minimum atomic E-state index is 1.14. The van der Waals surface area contributed by atoms with Crippen LogP contribution in [0.15, 0.2) is 352 Å². The number of benzene rings is 15. The highest BCUT2D eigenvalue weighted by molar-refractivity contribution is 7.26. The minimum absolute atomic E-state index is 1.14. The van der Waals surface area contributed by atoms with Crippen LogP contribution in [0.5, 0.6) is 0 Å². The fourth-order valence-corrected chi connectivity index (χ4v) is 15.6. The highest BCUT2D eigenvalue weighted by Gasteiger charge is 2.20. The van der Waals surface area contributed by atoms with E-state index >= 15 is 0 Å². The molecule has 0 saturated carbocycles. The van der Waals surface area contributed by atoms with Gasteiger partial charge in [-0.05, 0) is 209 Å². The van der Waals surface area contributed by atoms with E-state index in [1.54, 1.807) is 0 Å². The van der Waals surface area contributed by atoms with Crippen LogP contribution in [0.3, 0.4) is 0 Å². The van der Waals surface area contributed by atoms with Gasteiger partial charge in [-0.15, -0.1) is 11.3 Å². The Hall–Kier alpha value is -11.9. The zero-order chi connectivity index (χ0) is 61.3. The summed E-state index contributed by atoms with van der Waals surface area (Å²) in [6.07, 6.45) is 0. The third kappa shape index (κ3) is 9.65. The van der Waals surface area contributed by atoms with Crippen LogP contribution in [0.2, 0.25) is 0 Å². The highest BCUT2D eigenvalue weighted by atomic mass is 32.1. The molecule has 0 radical (unpaired) electrons. The van der Waals surface area contributed by atoms with Crippen molar-refractivity contribution < 1.29 is 0 Å². The van der Waals surface area contributed by atoms with Crippen molar-refractivity contribution in [3.8, 4) is 112 Å². The average molecular weight is 1200 g/mol. The van der Waals surface area contributed by atoms with Crippen molar-refractivity contribution in [1.82, 2.24) is 9.13 Å². The molecule has 0 aliphatic carbocycles. The average Bonchev–Trinajstić information content (AvgIpc) is 1.60. The Morgan fingerprint density at radius 1 is 0.172 bits per heavy atom. The summed E-state index contributed by atoms with van der Waals surface area (Å²) in [5.41, 5.74) is 28.7. The van der Waals surface area contributed by atoms with Gasteiger partial charge < -0.3 is 9.13 Å². The Morgan fingerprint density at radius 3 is 1.01 bits per heavy atom. The predicted octanol–water partition coefficient (Wildman–Crippen LogP) is 25.3. The summed E-state index contributed by atoms with van der Waals surface area (Å²) >= 11 is 1.89. The van der Waals surface area contributed by atoms with Gasteiger partial charge in [0.2, 0.25) is 0 Å².